The fourth-order valence-corrected chi connectivity index (χ4v) is 1.72. The lowest BCUT2D eigenvalue weighted by Gasteiger charge is -2.16. The molecule has 76 valence electrons. The van der Waals surface area contributed by atoms with Crippen molar-refractivity contribution in [3.63, 3.8) is 0 Å². The highest BCUT2D eigenvalue weighted by molar-refractivity contribution is 5.51. The van der Waals surface area contributed by atoms with Crippen molar-refractivity contribution in [3.8, 4) is 0 Å². The van der Waals surface area contributed by atoms with Crippen LogP contribution in [0.5, 0.6) is 0 Å². The van der Waals surface area contributed by atoms with E-state index in [1.807, 2.05) is 13.0 Å². The van der Waals surface area contributed by atoms with Crippen LogP contribution in [0.25, 0.3) is 0 Å². The van der Waals surface area contributed by atoms with E-state index in [0.29, 0.717) is 6.04 Å². The number of hydrogen-bond donors (Lipinski definition) is 1. The average Bonchev–Trinajstić information content (AvgIpc) is 2.95. The Morgan fingerprint density at radius 2 is 2.14 bits per heavy atom. The van der Waals surface area contributed by atoms with Crippen molar-refractivity contribution in [3.05, 3.63) is 29.6 Å². The van der Waals surface area contributed by atoms with Gasteiger partial charge < -0.3 is 5.32 Å². The number of rotatable bonds is 3. The van der Waals surface area contributed by atoms with Crippen LogP contribution in [0.2, 0.25) is 0 Å². The number of anilines is 1. The first kappa shape index (κ1) is 9.50. The topological polar surface area (TPSA) is 12.0 Å². The Labute approximate surface area is 84.3 Å². The van der Waals surface area contributed by atoms with E-state index in [1.54, 1.807) is 6.07 Å². The lowest BCUT2D eigenvalue weighted by Crippen LogP contribution is -2.18. The molecular formula is C12H16FN. The van der Waals surface area contributed by atoms with Crippen LogP contribution in [0.4, 0.5) is 10.1 Å². The molecule has 0 amide bonds. The largest absolute Gasteiger partial charge is 0.382 e. The third-order valence-electron chi connectivity index (χ3n) is 2.98. The number of benzene rings is 1. The highest BCUT2D eigenvalue weighted by Crippen LogP contribution is 2.34. The molecule has 2 rings (SSSR count). The lowest BCUT2D eigenvalue weighted by atomic mass is 10.1. The predicted octanol–water partition coefficient (Wildman–Crippen LogP) is 3.34. The van der Waals surface area contributed by atoms with Gasteiger partial charge in [-0.3, -0.25) is 0 Å². The van der Waals surface area contributed by atoms with Gasteiger partial charge in [0.15, 0.2) is 0 Å². The molecule has 2 heteroatoms. The van der Waals surface area contributed by atoms with Gasteiger partial charge in [-0.15, -0.1) is 0 Å². The van der Waals surface area contributed by atoms with Crippen LogP contribution in [0.15, 0.2) is 18.2 Å². The molecule has 1 aromatic rings. The molecule has 1 N–H and O–H groups in total. The standard InChI is InChI=1S/C12H16FN/c1-8-11(13)4-3-5-12(8)14-9(2)10-6-7-10/h3-5,9-10,14H,6-7H2,1-2H3/t9-/m1/s1. The van der Waals surface area contributed by atoms with E-state index in [9.17, 15) is 4.39 Å². The predicted molar refractivity (Wildman–Crippen MR) is 56.9 cm³/mol. The summed E-state index contributed by atoms with van der Waals surface area (Å²) in [6.45, 7) is 3.99. The van der Waals surface area contributed by atoms with Gasteiger partial charge in [0.2, 0.25) is 0 Å². The second-order valence-corrected chi connectivity index (χ2v) is 4.18. The first-order valence-electron chi connectivity index (χ1n) is 5.20. The molecule has 0 aliphatic heterocycles. The average molecular weight is 193 g/mol. The van der Waals surface area contributed by atoms with Crippen molar-refractivity contribution in [2.45, 2.75) is 32.7 Å². The van der Waals surface area contributed by atoms with Crippen LogP contribution in [-0.2, 0) is 0 Å². The van der Waals surface area contributed by atoms with E-state index in [1.165, 1.54) is 18.9 Å². The molecule has 1 aliphatic rings. The Morgan fingerprint density at radius 3 is 2.79 bits per heavy atom. The minimum Gasteiger partial charge on any atom is -0.382 e. The van der Waals surface area contributed by atoms with Crippen molar-refractivity contribution >= 4 is 5.69 Å². The molecule has 0 bridgehead atoms. The molecule has 0 saturated heterocycles. The number of nitrogens with one attached hydrogen (secondary N) is 1. The molecule has 1 nitrogen and oxygen atoms in total. The molecule has 0 aromatic heterocycles. The van der Waals surface area contributed by atoms with Gasteiger partial charge in [-0.25, -0.2) is 4.39 Å². The molecule has 0 spiro atoms. The molecule has 14 heavy (non-hydrogen) atoms. The van der Waals surface area contributed by atoms with E-state index >= 15 is 0 Å². The zero-order chi connectivity index (χ0) is 10.1. The second-order valence-electron chi connectivity index (χ2n) is 4.18. The molecule has 1 atom stereocenters. The fourth-order valence-electron chi connectivity index (χ4n) is 1.72. The van der Waals surface area contributed by atoms with Gasteiger partial charge in [0, 0.05) is 17.3 Å². The monoisotopic (exact) mass is 193 g/mol. The van der Waals surface area contributed by atoms with E-state index < -0.39 is 0 Å². The minimum absolute atomic E-state index is 0.127. The normalized spacial score (nSPS) is 17.9. The first-order chi connectivity index (χ1) is 6.68. The summed E-state index contributed by atoms with van der Waals surface area (Å²) in [5.41, 5.74) is 1.66. The summed E-state index contributed by atoms with van der Waals surface area (Å²) in [6, 6.07) is 5.67. The van der Waals surface area contributed by atoms with Gasteiger partial charge in [0.1, 0.15) is 5.82 Å². The molecule has 1 fully saturated rings. The summed E-state index contributed by atoms with van der Waals surface area (Å²) in [5.74, 6) is 0.663. The maximum absolute atomic E-state index is 13.2. The molecule has 1 aromatic carbocycles. The molecule has 1 aliphatic carbocycles. The van der Waals surface area contributed by atoms with Gasteiger partial charge in [0.05, 0.1) is 0 Å². The maximum atomic E-state index is 13.2. The van der Waals surface area contributed by atoms with Crippen molar-refractivity contribution in [1.29, 1.82) is 0 Å². The summed E-state index contributed by atoms with van der Waals surface area (Å²) in [7, 11) is 0. The van der Waals surface area contributed by atoms with Crippen LogP contribution in [0.1, 0.15) is 25.3 Å². The van der Waals surface area contributed by atoms with E-state index in [-0.39, 0.29) is 5.82 Å². The van der Waals surface area contributed by atoms with Gasteiger partial charge in [-0.2, -0.15) is 0 Å². The minimum atomic E-state index is -0.127. The summed E-state index contributed by atoms with van der Waals surface area (Å²) < 4.78 is 13.2. The van der Waals surface area contributed by atoms with Crippen LogP contribution < -0.4 is 5.32 Å². The smallest absolute Gasteiger partial charge is 0.128 e. The molecule has 0 unspecified atom stereocenters. The lowest BCUT2D eigenvalue weighted by molar-refractivity contribution is 0.617. The Balaban J connectivity index is 2.11. The third-order valence-corrected chi connectivity index (χ3v) is 2.98. The summed E-state index contributed by atoms with van der Waals surface area (Å²) in [4.78, 5) is 0. The highest BCUT2D eigenvalue weighted by atomic mass is 19.1. The SMILES string of the molecule is Cc1c(F)cccc1N[C@H](C)C1CC1. The van der Waals surface area contributed by atoms with Crippen LogP contribution >= 0.6 is 0 Å². The molecule has 0 heterocycles. The van der Waals surface area contributed by atoms with Gasteiger partial charge >= 0.3 is 0 Å². The van der Waals surface area contributed by atoms with Crippen molar-refractivity contribution < 1.29 is 4.39 Å². The van der Waals surface area contributed by atoms with Crippen LogP contribution in [0.3, 0.4) is 0 Å². The Kier molecular flexibility index (Phi) is 2.44. The van der Waals surface area contributed by atoms with E-state index in [4.69, 9.17) is 0 Å². The Bertz CT molecular complexity index is 331. The molecule has 1 saturated carbocycles. The highest BCUT2D eigenvalue weighted by Gasteiger charge is 2.27. The third kappa shape index (κ3) is 1.89. The van der Waals surface area contributed by atoms with E-state index in [0.717, 1.165) is 17.2 Å². The van der Waals surface area contributed by atoms with Gasteiger partial charge in [-0.1, -0.05) is 6.07 Å². The van der Waals surface area contributed by atoms with E-state index in [2.05, 4.69) is 12.2 Å². The van der Waals surface area contributed by atoms with Crippen LogP contribution in [-0.4, -0.2) is 6.04 Å². The van der Waals surface area contributed by atoms with Crippen molar-refractivity contribution in [1.82, 2.24) is 0 Å². The summed E-state index contributed by atoms with van der Waals surface area (Å²) in [5, 5.41) is 3.37. The Hall–Kier alpha value is -1.05. The first-order valence-corrected chi connectivity index (χ1v) is 5.20. The second kappa shape index (κ2) is 3.60. The van der Waals surface area contributed by atoms with Crippen molar-refractivity contribution in [2.24, 2.45) is 5.92 Å². The maximum Gasteiger partial charge on any atom is 0.128 e. The van der Waals surface area contributed by atoms with Gasteiger partial charge in [0.25, 0.3) is 0 Å². The Morgan fingerprint density at radius 1 is 1.43 bits per heavy atom. The van der Waals surface area contributed by atoms with Crippen LogP contribution in [0, 0.1) is 18.7 Å². The fraction of sp³-hybridized carbons (Fsp3) is 0.500. The zero-order valence-electron chi connectivity index (χ0n) is 8.68. The quantitative estimate of drug-likeness (QED) is 0.776. The molecular weight excluding hydrogens is 177 g/mol. The molecule has 0 radical (unpaired) electrons. The zero-order valence-corrected chi connectivity index (χ0v) is 8.68. The number of hydrogen-bond acceptors (Lipinski definition) is 1. The van der Waals surface area contributed by atoms with Crippen molar-refractivity contribution in [2.75, 3.05) is 5.32 Å². The summed E-state index contributed by atoms with van der Waals surface area (Å²) >= 11 is 0. The number of halogens is 1. The summed E-state index contributed by atoms with van der Waals surface area (Å²) in [6.07, 6.45) is 2.62. The van der Waals surface area contributed by atoms with Gasteiger partial charge in [-0.05, 0) is 44.7 Å².